The third-order valence-electron chi connectivity index (χ3n) is 5.39. The maximum Gasteiger partial charge on any atom is 0.220 e. The summed E-state index contributed by atoms with van der Waals surface area (Å²) < 4.78 is 1.87. The van der Waals surface area contributed by atoms with E-state index in [1.165, 1.54) is 11.1 Å². The molecular formula is C26H24Cl2N4OS. The third kappa shape index (κ3) is 6.20. The minimum Gasteiger partial charge on any atom is -0.349 e. The van der Waals surface area contributed by atoms with Crippen molar-refractivity contribution < 1.29 is 4.79 Å². The number of nitrogens with zero attached hydrogens (tertiary/aromatic N) is 3. The van der Waals surface area contributed by atoms with Crippen molar-refractivity contribution in [2.75, 3.05) is 0 Å². The number of nitrogens with one attached hydrogen (secondary N) is 1. The van der Waals surface area contributed by atoms with Gasteiger partial charge >= 0.3 is 0 Å². The predicted molar refractivity (Wildman–Crippen MR) is 139 cm³/mol. The van der Waals surface area contributed by atoms with E-state index < -0.39 is 0 Å². The van der Waals surface area contributed by atoms with Crippen molar-refractivity contribution in [2.45, 2.75) is 37.2 Å². The number of aryl methyl sites for hydroxylation is 2. The number of benzene rings is 3. The van der Waals surface area contributed by atoms with E-state index in [-0.39, 0.29) is 12.5 Å². The van der Waals surface area contributed by atoms with Crippen LogP contribution in [0.4, 0.5) is 0 Å². The molecule has 174 valence electrons. The zero-order valence-corrected chi connectivity index (χ0v) is 21.0. The Balaban J connectivity index is 1.52. The molecule has 0 aliphatic rings. The van der Waals surface area contributed by atoms with E-state index in [0.29, 0.717) is 39.6 Å². The molecule has 3 aromatic carbocycles. The molecule has 0 aliphatic heterocycles. The molecule has 0 unspecified atom stereocenters. The van der Waals surface area contributed by atoms with Gasteiger partial charge in [-0.15, -0.1) is 10.2 Å². The van der Waals surface area contributed by atoms with Crippen LogP contribution in [0.25, 0.3) is 5.69 Å². The summed E-state index contributed by atoms with van der Waals surface area (Å²) >= 11 is 14.4. The first kappa shape index (κ1) is 24.3. The van der Waals surface area contributed by atoms with Crippen molar-refractivity contribution in [3.05, 3.63) is 105 Å². The highest BCUT2D eigenvalue weighted by Crippen LogP contribution is 2.31. The lowest BCUT2D eigenvalue weighted by Crippen LogP contribution is -2.25. The Labute approximate surface area is 213 Å². The van der Waals surface area contributed by atoms with Gasteiger partial charge in [0.15, 0.2) is 11.0 Å². The van der Waals surface area contributed by atoms with Gasteiger partial charge in [-0.3, -0.25) is 9.36 Å². The fourth-order valence-electron chi connectivity index (χ4n) is 3.49. The maximum atomic E-state index is 12.5. The van der Waals surface area contributed by atoms with Crippen LogP contribution in [0.5, 0.6) is 0 Å². The van der Waals surface area contributed by atoms with E-state index in [2.05, 4.69) is 34.6 Å². The molecule has 1 heterocycles. The standard InChI is InChI=1S/C26H24Cl2N4OS/c1-18-7-5-6-10-20(18)17-34-26-31-30-24(32(26)23-15-21(27)12-13-22(23)28)16-29-25(33)14-11-19-8-3-2-4-9-19/h2-10,12-13,15H,11,14,16-17H2,1H3,(H,29,33). The molecule has 0 spiro atoms. The average Bonchev–Trinajstić information content (AvgIpc) is 3.25. The Hall–Kier alpha value is -2.80. The van der Waals surface area contributed by atoms with Gasteiger partial charge in [-0.25, -0.2) is 0 Å². The highest BCUT2D eigenvalue weighted by molar-refractivity contribution is 7.98. The number of thioether (sulfide) groups is 1. The lowest BCUT2D eigenvalue weighted by Gasteiger charge is -2.13. The Morgan fingerprint density at radius 2 is 1.76 bits per heavy atom. The van der Waals surface area contributed by atoms with E-state index in [0.717, 1.165) is 11.3 Å². The number of hydrogen-bond acceptors (Lipinski definition) is 4. The van der Waals surface area contributed by atoms with Gasteiger partial charge in [0.05, 0.1) is 17.3 Å². The molecular weight excluding hydrogens is 487 g/mol. The summed E-state index contributed by atoms with van der Waals surface area (Å²) in [7, 11) is 0. The number of halogens is 2. The van der Waals surface area contributed by atoms with Crippen LogP contribution in [-0.2, 0) is 23.5 Å². The molecule has 0 fully saturated rings. The summed E-state index contributed by atoms with van der Waals surface area (Å²) in [6.07, 6.45) is 1.07. The van der Waals surface area contributed by atoms with Crippen LogP contribution in [0, 0.1) is 6.92 Å². The number of carbonyl (C=O) groups excluding carboxylic acids is 1. The monoisotopic (exact) mass is 510 g/mol. The smallest absolute Gasteiger partial charge is 0.220 e. The normalized spacial score (nSPS) is 10.9. The number of rotatable bonds is 9. The summed E-state index contributed by atoms with van der Waals surface area (Å²) in [5.41, 5.74) is 4.24. The molecule has 5 nitrogen and oxygen atoms in total. The lowest BCUT2D eigenvalue weighted by molar-refractivity contribution is -0.121. The van der Waals surface area contributed by atoms with Crippen molar-refractivity contribution in [1.29, 1.82) is 0 Å². The Bertz CT molecular complexity index is 1280. The van der Waals surface area contributed by atoms with Crippen LogP contribution in [-0.4, -0.2) is 20.7 Å². The van der Waals surface area contributed by atoms with E-state index >= 15 is 0 Å². The topological polar surface area (TPSA) is 59.8 Å². The van der Waals surface area contributed by atoms with Crippen molar-refractivity contribution >= 4 is 40.9 Å². The lowest BCUT2D eigenvalue weighted by atomic mass is 10.1. The Kier molecular flexibility index (Phi) is 8.27. The molecule has 0 atom stereocenters. The van der Waals surface area contributed by atoms with Gasteiger partial charge in [0.2, 0.25) is 5.91 Å². The molecule has 4 aromatic rings. The quantitative estimate of drug-likeness (QED) is 0.263. The first-order valence-corrected chi connectivity index (χ1v) is 12.6. The molecule has 1 amide bonds. The fraction of sp³-hybridized carbons (Fsp3) is 0.192. The summed E-state index contributed by atoms with van der Waals surface area (Å²) in [5.74, 6) is 1.26. The molecule has 8 heteroatoms. The van der Waals surface area contributed by atoms with Crippen molar-refractivity contribution in [2.24, 2.45) is 0 Å². The van der Waals surface area contributed by atoms with Crippen LogP contribution >= 0.6 is 35.0 Å². The van der Waals surface area contributed by atoms with Crippen LogP contribution in [0.3, 0.4) is 0 Å². The molecule has 0 saturated heterocycles. The van der Waals surface area contributed by atoms with Crippen molar-refractivity contribution in [3.63, 3.8) is 0 Å². The van der Waals surface area contributed by atoms with E-state index in [1.807, 2.05) is 47.0 Å². The van der Waals surface area contributed by atoms with Crippen molar-refractivity contribution in [3.8, 4) is 5.69 Å². The van der Waals surface area contributed by atoms with Gasteiger partial charge in [-0.1, -0.05) is 89.6 Å². The molecule has 1 N–H and O–H groups in total. The van der Waals surface area contributed by atoms with E-state index in [9.17, 15) is 4.79 Å². The summed E-state index contributed by atoms with van der Waals surface area (Å²) in [5, 5.41) is 13.5. The van der Waals surface area contributed by atoms with Crippen LogP contribution in [0.15, 0.2) is 78.0 Å². The predicted octanol–water partition coefficient (Wildman–Crippen LogP) is 6.42. The zero-order valence-electron chi connectivity index (χ0n) is 18.7. The van der Waals surface area contributed by atoms with Gasteiger partial charge in [-0.2, -0.15) is 0 Å². The SMILES string of the molecule is Cc1ccccc1CSc1nnc(CNC(=O)CCc2ccccc2)n1-c1cc(Cl)ccc1Cl. The summed E-state index contributed by atoms with van der Waals surface area (Å²) in [6.45, 7) is 2.32. The second kappa shape index (κ2) is 11.6. The number of amides is 1. The first-order chi connectivity index (χ1) is 16.5. The van der Waals surface area contributed by atoms with Gasteiger partial charge in [0.25, 0.3) is 0 Å². The Morgan fingerprint density at radius 1 is 1.00 bits per heavy atom. The van der Waals surface area contributed by atoms with Gasteiger partial charge in [-0.05, 0) is 48.2 Å². The highest BCUT2D eigenvalue weighted by atomic mass is 35.5. The van der Waals surface area contributed by atoms with E-state index in [1.54, 1.807) is 30.0 Å². The zero-order chi connectivity index (χ0) is 23.9. The first-order valence-electron chi connectivity index (χ1n) is 10.9. The van der Waals surface area contributed by atoms with Gasteiger partial charge in [0, 0.05) is 17.2 Å². The van der Waals surface area contributed by atoms with E-state index in [4.69, 9.17) is 23.2 Å². The fourth-order valence-corrected chi connectivity index (χ4v) is 4.90. The van der Waals surface area contributed by atoms with Gasteiger partial charge in [0.1, 0.15) is 0 Å². The number of carbonyl (C=O) groups is 1. The van der Waals surface area contributed by atoms with Crippen LogP contribution < -0.4 is 5.32 Å². The molecule has 0 radical (unpaired) electrons. The third-order valence-corrected chi connectivity index (χ3v) is 6.93. The number of hydrogen-bond donors (Lipinski definition) is 1. The largest absolute Gasteiger partial charge is 0.349 e. The van der Waals surface area contributed by atoms with Gasteiger partial charge < -0.3 is 5.32 Å². The second-order valence-corrected chi connectivity index (χ2v) is 9.59. The molecule has 1 aromatic heterocycles. The van der Waals surface area contributed by atoms with Crippen LogP contribution in [0.1, 0.15) is 28.9 Å². The second-order valence-electron chi connectivity index (χ2n) is 7.81. The van der Waals surface area contributed by atoms with Crippen LogP contribution in [0.2, 0.25) is 10.0 Å². The maximum absolute atomic E-state index is 12.5. The minimum absolute atomic E-state index is 0.0512. The molecule has 0 aliphatic carbocycles. The van der Waals surface area contributed by atoms with Crippen molar-refractivity contribution in [1.82, 2.24) is 20.1 Å². The molecule has 4 rings (SSSR count). The molecule has 34 heavy (non-hydrogen) atoms. The highest BCUT2D eigenvalue weighted by Gasteiger charge is 2.18. The summed E-state index contributed by atoms with van der Waals surface area (Å²) in [4.78, 5) is 12.5. The average molecular weight is 511 g/mol. The minimum atomic E-state index is -0.0512. The Morgan fingerprint density at radius 3 is 2.56 bits per heavy atom. The molecule has 0 bridgehead atoms. The summed E-state index contributed by atoms with van der Waals surface area (Å²) in [6, 6.07) is 23.5. The number of aromatic nitrogens is 3. The molecule has 0 saturated carbocycles.